The molecule has 2 rings (SSSR count). The molecule has 1 saturated heterocycles. The third-order valence-electron chi connectivity index (χ3n) is 4.19. The summed E-state index contributed by atoms with van der Waals surface area (Å²) in [6.45, 7) is 2.09. The number of aryl methyl sites for hydroxylation is 1. The van der Waals surface area contributed by atoms with Crippen LogP contribution in [0.5, 0.6) is 0 Å². The molecular formula is C15H20BrNO4S. The fourth-order valence-electron chi connectivity index (χ4n) is 2.89. The summed E-state index contributed by atoms with van der Waals surface area (Å²) >= 11 is 3.41. The van der Waals surface area contributed by atoms with E-state index in [-0.39, 0.29) is 5.75 Å². The lowest BCUT2D eigenvalue weighted by atomic mass is 9.92. The zero-order chi connectivity index (χ0) is 16.3. The molecule has 0 amide bonds. The van der Waals surface area contributed by atoms with Gasteiger partial charge in [0, 0.05) is 17.1 Å². The van der Waals surface area contributed by atoms with Gasteiger partial charge < -0.3 is 5.11 Å². The molecule has 1 heterocycles. The molecule has 0 bridgehead atoms. The minimum Gasteiger partial charge on any atom is -0.481 e. The summed E-state index contributed by atoms with van der Waals surface area (Å²) in [6.07, 6.45) is 1.53. The monoisotopic (exact) mass is 389 g/mol. The van der Waals surface area contributed by atoms with Crippen molar-refractivity contribution in [1.82, 2.24) is 4.31 Å². The first-order valence-corrected chi connectivity index (χ1v) is 9.69. The highest BCUT2D eigenvalue weighted by molar-refractivity contribution is 9.10. The van der Waals surface area contributed by atoms with E-state index in [1.54, 1.807) is 6.92 Å². The maximum absolute atomic E-state index is 12.6. The Kier molecular flexibility index (Phi) is 5.63. The molecule has 0 aliphatic carbocycles. The summed E-state index contributed by atoms with van der Waals surface area (Å²) in [4.78, 5) is 11.2. The maximum atomic E-state index is 12.6. The van der Waals surface area contributed by atoms with Crippen LogP contribution in [0.3, 0.4) is 0 Å². The molecule has 2 atom stereocenters. The Morgan fingerprint density at radius 3 is 2.73 bits per heavy atom. The Morgan fingerprint density at radius 1 is 1.41 bits per heavy atom. The second-order valence-corrected chi connectivity index (χ2v) is 8.49. The molecule has 1 fully saturated rings. The third kappa shape index (κ3) is 3.88. The van der Waals surface area contributed by atoms with Crippen molar-refractivity contribution in [2.24, 2.45) is 5.92 Å². The number of carboxylic acids is 1. The molecule has 0 saturated carbocycles. The van der Waals surface area contributed by atoms with Crippen LogP contribution in [-0.4, -0.2) is 42.1 Å². The molecule has 22 heavy (non-hydrogen) atoms. The molecular weight excluding hydrogens is 370 g/mol. The lowest BCUT2D eigenvalue weighted by Crippen LogP contribution is -2.49. The normalized spacial score (nSPS) is 23.4. The van der Waals surface area contributed by atoms with Gasteiger partial charge in [-0.1, -0.05) is 34.1 Å². The second-order valence-electron chi connectivity index (χ2n) is 5.60. The van der Waals surface area contributed by atoms with Crippen LogP contribution in [0.25, 0.3) is 0 Å². The molecule has 0 spiro atoms. The third-order valence-corrected chi connectivity index (χ3v) is 6.92. The zero-order valence-electron chi connectivity index (χ0n) is 12.4. The van der Waals surface area contributed by atoms with E-state index in [0.717, 1.165) is 10.0 Å². The van der Waals surface area contributed by atoms with Crippen LogP contribution in [-0.2, 0) is 21.2 Å². The van der Waals surface area contributed by atoms with Crippen molar-refractivity contribution in [3.63, 3.8) is 0 Å². The summed E-state index contributed by atoms with van der Waals surface area (Å²) in [5.41, 5.74) is 0.936. The van der Waals surface area contributed by atoms with E-state index >= 15 is 0 Å². The average molecular weight is 390 g/mol. The highest BCUT2D eigenvalue weighted by Gasteiger charge is 2.38. The molecule has 0 aromatic heterocycles. The number of hydrogen-bond donors (Lipinski definition) is 1. The van der Waals surface area contributed by atoms with Crippen LogP contribution in [0.1, 0.15) is 25.3 Å². The maximum Gasteiger partial charge on any atom is 0.308 e. The molecule has 1 aliphatic rings. The first kappa shape index (κ1) is 17.4. The summed E-state index contributed by atoms with van der Waals surface area (Å²) < 4.78 is 27.4. The number of hydrogen-bond acceptors (Lipinski definition) is 3. The lowest BCUT2D eigenvalue weighted by molar-refractivity contribution is -0.144. The number of piperidine rings is 1. The SMILES string of the molecule is C[C@@H]1[C@H](C(=O)O)CCCN1S(=O)(=O)CCc1ccccc1Br. The Morgan fingerprint density at radius 2 is 2.09 bits per heavy atom. The van der Waals surface area contributed by atoms with Crippen molar-refractivity contribution in [1.29, 1.82) is 0 Å². The van der Waals surface area contributed by atoms with E-state index in [2.05, 4.69) is 15.9 Å². The van der Waals surface area contributed by atoms with E-state index in [1.807, 2.05) is 24.3 Å². The minimum absolute atomic E-state index is 0.00765. The predicted octanol–water partition coefficient (Wildman–Crippen LogP) is 2.51. The van der Waals surface area contributed by atoms with Crippen LogP contribution in [0.4, 0.5) is 0 Å². The van der Waals surface area contributed by atoms with Crippen LogP contribution in [0, 0.1) is 5.92 Å². The number of rotatable bonds is 5. The molecule has 1 aromatic carbocycles. The first-order valence-electron chi connectivity index (χ1n) is 7.28. The number of halogens is 1. The largest absolute Gasteiger partial charge is 0.481 e. The molecule has 7 heteroatoms. The van der Waals surface area contributed by atoms with Gasteiger partial charge in [0.15, 0.2) is 0 Å². The Balaban J connectivity index is 2.09. The molecule has 5 nitrogen and oxygen atoms in total. The van der Waals surface area contributed by atoms with Crippen molar-refractivity contribution >= 4 is 31.9 Å². The first-order chi connectivity index (χ1) is 10.3. The van der Waals surface area contributed by atoms with Crippen LogP contribution < -0.4 is 0 Å². The van der Waals surface area contributed by atoms with E-state index in [4.69, 9.17) is 0 Å². The van der Waals surface area contributed by atoms with Gasteiger partial charge in [-0.3, -0.25) is 4.79 Å². The predicted molar refractivity (Wildman–Crippen MR) is 88.2 cm³/mol. The molecule has 1 aromatic rings. The quantitative estimate of drug-likeness (QED) is 0.839. The van der Waals surface area contributed by atoms with Gasteiger partial charge in [0.25, 0.3) is 0 Å². The van der Waals surface area contributed by atoms with E-state index < -0.39 is 28.0 Å². The molecule has 1 aliphatic heterocycles. The Bertz CT molecular complexity index is 647. The number of benzene rings is 1. The lowest BCUT2D eigenvalue weighted by Gasteiger charge is -2.36. The van der Waals surface area contributed by atoms with Crippen molar-refractivity contribution in [3.8, 4) is 0 Å². The number of sulfonamides is 1. The highest BCUT2D eigenvalue weighted by atomic mass is 79.9. The van der Waals surface area contributed by atoms with E-state index in [9.17, 15) is 18.3 Å². The zero-order valence-corrected chi connectivity index (χ0v) is 14.8. The van der Waals surface area contributed by atoms with Crippen LogP contribution in [0.2, 0.25) is 0 Å². The van der Waals surface area contributed by atoms with E-state index in [1.165, 1.54) is 4.31 Å². The number of carboxylic acid groups (broad SMARTS) is 1. The van der Waals surface area contributed by atoms with Gasteiger partial charge in [-0.2, -0.15) is 4.31 Å². The number of nitrogens with zero attached hydrogens (tertiary/aromatic N) is 1. The van der Waals surface area contributed by atoms with Gasteiger partial charge in [0.2, 0.25) is 10.0 Å². The Labute approximate surface area is 139 Å². The fraction of sp³-hybridized carbons (Fsp3) is 0.533. The van der Waals surface area contributed by atoms with Gasteiger partial charge in [0.05, 0.1) is 11.7 Å². The van der Waals surface area contributed by atoms with Crippen molar-refractivity contribution in [2.75, 3.05) is 12.3 Å². The van der Waals surface area contributed by atoms with Gasteiger partial charge >= 0.3 is 5.97 Å². The second kappa shape index (κ2) is 7.10. The summed E-state index contributed by atoms with van der Waals surface area (Å²) in [7, 11) is -3.46. The standard InChI is InChI=1S/C15H20BrNO4S/c1-11-13(15(18)19)6-4-9-17(11)22(20,21)10-8-12-5-2-3-7-14(12)16/h2-3,5,7,11,13H,4,6,8-10H2,1H3,(H,18,19)/t11-,13-/m1/s1. The summed E-state index contributed by atoms with van der Waals surface area (Å²) in [6, 6.07) is 7.03. The number of carbonyl (C=O) groups is 1. The smallest absolute Gasteiger partial charge is 0.308 e. The van der Waals surface area contributed by atoms with Gasteiger partial charge in [-0.05, 0) is 37.8 Å². The molecule has 122 valence electrons. The molecule has 1 N–H and O–H groups in total. The van der Waals surface area contributed by atoms with Gasteiger partial charge in [0.1, 0.15) is 0 Å². The Hall–Kier alpha value is -0.920. The van der Waals surface area contributed by atoms with Crippen LogP contribution in [0.15, 0.2) is 28.7 Å². The topological polar surface area (TPSA) is 74.7 Å². The summed E-state index contributed by atoms with van der Waals surface area (Å²) in [5, 5.41) is 9.21. The summed E-state index contributed by atoms with van der Waals surface area (Å²) in [5.74, 6) is -1.54. The highest BCUT2D eigenvalue weighted by Crippen LogP contribution is 2.27. The fourth-order valence-corrected chi connectivity index (χ4v) is 5.15. The van der Waals surface area contributed by atoms with Gasteiger partial charge in [-0.25, -0.2) is 8.42 Å². The van der Waals surface area contributed by atoms with Crippen molar-refractivity contribution in [3.05, 3.63) is 34.3 Å². The van der Waals surface area contributed by atoms with Crippen LogP contribution >= 0.6 is 15.9 Å². The van der Waals surface area contributed by atoms with E-state index in [0.29, 0.717) is 25.8 Å². The van der Waals surface area contributed by atoms with Crippen molar-refractivity contribution in [2.45, 2.75) is 32.2 Å². The van der Waals surface area contributed by atoms with Crippen molar-refractivity contribution < 1.29 is 18.3 Å². The number of aliphatic carboxylic acids is 1. The molecule has 0 radical (unpaired) electrons. The molecule has 0 unspecified atom stereocenters. The minimum atomic E-state index is -3.46. The average Bonchev–Trinajstić information content (AvgIpc) is 2.46. The van der Waals surface area contributed by atoms with Gasteiger partial charge in [-0.15, -0.1) is 0 Å².